The molecule has 0 radical (unpaired) electrons. The van der Waals surface area contributed by atoms with Gasteiger partial charge in [-0.3, -0.25) is 4.79 Å². The molecule has 1 fully saturated rings. The second-order valence-electron chi connectivity index (χ2n) is 4.43. The summed E-state index contributed by atoms with van der Waals surface area (Å²) in [6.45, 7) is 5.50. The van der Waals surface area contributed by atoms with Gasteiger partial charge >= 0.3 is 0 Å². The highest BCUT2D eigenvalue weighted by molar-refractivity contribution is 5.94. The van der Waals surface area contributed by atoms with E-state index in [2.05, 4.69) is 10.6 Å². The van der Waals surface area contributed by atoms with Gasteiger partial charge in [0.15, 0.2) is 0 Å². The van der Waals surface area contributed by atoms with Crippen molar-refractivity contribution in [2.24, 2.45) is 5.92 Å². The number of benzene rings is 1. The van der Waals surface area contributed by atoms with E-state index in [1.54, 1.807) is 7.11 Å². The van der Waals surface area contributed by atoms with Crippen molar-refractivity contribution in [1.82, 2.24) is 5.32 Å². The van der Waals surface area contributed by atoms with Gasteiger partial charge in [-0.1, -0.05) is 6.07 Å². The smallest absolute Gasteiger partial charge is 0.230 e. The van der Waals surface area contributed by atoms with Gasteiger partial charge < -0.3 is 15.4 Å². The maximum absolute atomic E-state index is 11.8. The number of ether oxygens (including phenoxy) is 1. The molecule has 4 heteroatoms. The Bertz CT molecular complexity index is 439. The van der Waals surface area contributed by atoms with E-state index < -0.39 is 0 Å². The molecule has 0 aliphatic carbocycles. The van der Waals surface area contributed by atoms with Crippen LogP contribution in [0.5, 0.6) is 5.75 Å². The number of anilines is 1. The number of hydrogen-bond acceptors (Lipinski definition) is 3. The maximum Gasteiger partial charge on any atom is 0.230 e. The van der Waals surface area contributed by atoms with E-state index in [0.717, 1.165) is 35.7 Å². The summed E-state index contributed by atoms with van der Waals surface area (Å²) in [5, 5.41) is 6.04. The number of aryl methyl sites for hydroxylation is 1. The topological polar surface area (TPSA) is 50.4 Å². The third-order valence-corrected chi connectivity index (χ3v) is 3.22. The molecule has 1 amide bonds. The quantitative estimate of drug-likeness (QED) is 0.832. The van der Waals surface area contributed by atoms with Crippen LogP contribution in [0.4, 0.5) is 5.69 Å². The highest BCUT2D eigenvalue weighted by Gasteiger charge is 2.25. The normalized spacial score (nSPS) is 15.2. The summed E-state index contributed by atoms with van der Waals surface area (Å²) in [6.07, 6.45) is 0. The standard InChI is InChI=1S/C13H18N2O2/c1-8-4-5-11(9(2)12(8)17-3)15-13(16)10-6-14-7-10/h4-5,10,14H,6-7H2,1-3H3,(H,15,16). The van der Waals surface area contributed by atoms with E-state index in [0.29, 0.717) is 0 Å². The molecule has 4 nitrogen and oxygen atoms in total. The third-order valence-electron chi connectivity index (χ3n) is 3.22. The second-order valence-corrected chi connectivity index (χ2v) is 4.43. The molecule has 0 aromatic heterocycles. The average Bonchev–Trinajstić information content (AvgIpc) is 2.20. The molecular formula is C13H18N2O2. The van der Waals surface area contributed by atoms with Gasteiger partial charge in [0.2, 0.25) is 5.91 Å². The van der Waals surface area contributed by atoms with Crippen LogP contribution >= 0.6 is 0 Å². The summed E-state index contributed by atoms with van der Waals surface area (Å²) in [5.74, 6) is 1.02. The summed E-state index contributed by atoms with van der Waals surface area (Å²) < 4.78 is 5.34. The SMILES string of the molecule is COc1c(C)ccc(NC(=O)C2CNC2)c1C. The largest absolute Gasteiger partial charge is 0.496 e. The Morgan fingerprint density at radius 1 is 1.41 bits per heavy atom. The summed E-state index contributed by atoms with van der Waals surface area (Å²) in [7, 11) is 1.65. The van der Waals surface area contributed by atoms with Crippen LogP contribution < -0.4 is 15.4 Å². The summed E-state index contributed by atoms with van der Waals surface area (Å²) in [6, 6.07) is 3.89. The van der Waals surface area contributed by atoms with Crippen LogP contribution in [-0.2, 0) is 4.79 Å². The molecule has 0 atom stereocenters. The van der Waals surface area contributed by atoms with E-state index in [-0.39, 0.29) is 11.8 Å². The molecule has 0 spiro atoms. The number of carbonyl (C=O) groups is 1. The fourth-order valence-electron chi connectivity index (χ4n) is 1.99. The number of hydrogen-bond donors (Lipinski definition) is 2. The van der Waals surface area contributed by atoms with E-state index in [1.807, 2.05) is 26.0 Å². The van der Waals surface area contributed by atoms with Crippen LogP contribution in [0.15, 0.2) is 12.1 Å². The number of methoxy groups -OCH3 is 1. The molecule has 0 bridgehead atoms. The molecule has 1 aliphatic rings. The van der Waals surface area contributed by atoms with Gasteiger partial charge in [-0.05, 0) is 25.5 Å². The van der Waals surface area contributed by atoms with E-state index in [4.69, 9.17) is 4.74 Å². The fourth-order valence-corrected chi connectivity index (χ4v) is 1.99. The van der Waals surface area contributed by atoms with Crippen LogP contribution in [-0.4, -0.2) is 26.1 Å². The summed E-state index contributed by atoms with van der Waals surface area (Å²) >= 11 is 0. The fraction of sp³-hybridized carbons (Fsp3) is 0.462. The lowest BCUT2D eigenvalue weighted by molar-refractivity contribution is -0.121. The number of amides is 1. The molecule has 17 heavy (non-hydrogen) atoms. The van der Waals surface area contributed by atoms with Gasteiger partial charge in [0, 0.05) is 24.3 Å². The van der Waals surface area contributed by atoms with Crippen LogP contribution in [0.1, 0.15) is 11.1 Å². The zero-order chi connectivity index (χ0) is 12.4. The Morgan fingerprint density at radius 2 is 2.12 bits per heavy atom. The molecule has 1 aromatic rings. The van der Waals surface area contributed by atoms with Crippen molar-refractivity contribution < 1.29 is 9.53 Å². The third kappa shape index (κ3) is 2.26. The van der Waals surface area contributed by atoms with Gasteiger partial charge in [0.05, 0.1) is 13.0 Å². The van der Waals surface area contributed by atoms with Gasteiger partial charge in [-0.25, -0.2) is 0 Å². The van der Waals surface area contributed by atoms with Gasteiger partial charge in [0.1, 0.15) is 5.75 Å². The molecule has 0 unspecified atom stereocenters. The minimum atomic E-state index is 0.0813. The maximum atomic E-state index is 11.8. The minimum absolute atomic E-state index is 0.0813. The van der Waals surface area contributed by atoms with Crippen LogP contribution in [0.3, 0.4) is 0 Å². The molecule has 0 saturated carbocycles. The van der Waals surface area contributed by atoms with Crippen LogP contribution in [0, 0.1) is 19.8 Å². The Labute approximate surface area is 101 Å². The molecule has 1 heterocycles. The number of carbonyl (C=O) groups excluding carboxylic acids is 1. The van der Waals surface area contributed by atoms with Crippen molar-refractivity contribution in [3.8, 4) is 5.75 Å². The zero-order valence-electron chi connectivity index (χ0n) is 10.5. The Hall–Kier alpha value is -1.55. The minimum Gasteiger partial charge on any atom is -0.496 e. The van der Waals surface area contributed by atoms with E-state index in [9.17, 15) is 4.79 Å². The van der Waals surface area contributed by atoms with Crippen molar-refractivity contribution in [3.05, 3.63) is 23.3 Å². The molecule has 92 valence electrons. The van der Waals surface area contributed by atoms with Crippen LogP contribution in [0.25, 0.3) is 0 Å². The first kappa shape index (κ1) is 11.9. The molecule has 1 saturated heterocycles. The average molecular weight is 234 g/mol. The van der Waals surface area contributed by atoms with Crippen LogP contribution in [0.2, 0.25) is 0 Å². The Kier molecular flexibility index (Phi) is 3.33. The summed E-state index contributed by atoms with van der Waals surface area (Å²) in [4.78, 5) is 11.8. The highest BCUT2D eigenvalue weighted by atomic mass is 16.5. The van der Waals surface area contributed by atoms with Crippen molar-refractivity contribution in [2.75, 3.05) is 25.5 Å². The number of rotatable bonds is 3. The van der Waals surface area contributed by atoms with Crippen molar-refractivity contribution in [1.29, 1.82) is 0 Å². The Balaban J connectivity index is 2.18. The predicted octanol–water partition coefficient (Wildman–Crippen LogP) is 1.47. The molecule has 1 aromatic carbocycles. The van der Waals surface area contributed by atoms with Crippen molar-refractivity contribution in [3.63, 3.8) is 0 Å². The lowest BCUT2D eigenvalue weighted by Gasteiger charge is -2.26. The first-order valence-electron chi connectivity index (χ1n) is 5.79. The first-order valence-corrected chi connectivity index (χ1v) is 5.79. The monoisotopic (exact) mass is 234 g/mol. The second kappa shape index (κ2) is 4.75. The molecule has 2 rings (SSSR count). The summed E-state index contributed by atoms with van der Waals surface area (Å²) in [5.41, 5.74) is 2.89. The lowest BCUT2D eigenvalue weighted by Crippen LogP contribution is -2.48. The number of nitrogens with one attached hydrogen (secondary N) is 2. The molecule has 1 aliphatic heterocycles. The zero-order valence-corrected chi connectivity index (χ0v) is 10.5. The Morgan fingerprint density at radius 3 is 2.65 bits per heavy atom. The van der Waals surface area contributed by atoms with Gasteiger partial charge in [0.25, 0.3) is 0 Å². The molecule has 2 N–H and O–H groups in total. The first-order chi connectivity index (χ1) is 8.13. The molecular weight excluding hydrogens is 216 g/mol. The van der Waals surface area contributed by atoms with Crippen molar-refractivity contribution >= 4 is 11.6 Å². The predicted molar refractivity (Wildman–Crippen MR) is 67.5 cm³/mol. The lowest BCUT2D eigenvalue weighted by atomic mass is 10.0. The van der Waals surface area contributed by atoms with Crippen molar-refractivity contribution in [2.45, 2.75) is 13.8 Å². The van der Waals surface area contributed by atoms with Gasteiger partial charge in [-0.2, -0.15) is 0 Å². The highest BCUT2D eigenvalue weighted by Crippen LogP contribution is 2.29. The van der Waals surface area contributed by atoms with E-state index >= 15 is 0 Å². The van der Waals surface area contributed by atoms with E-state index in [1.165, 1.54) is 0 Å². The van der Waals surface area contributed by atoms with Gasteiger partial charge in [-0.15, -0.1) is 0 Å².